The largest absolute Gasteiger partial charge is 0.416 e. The summed E-state index contributed by atoms with van der Waals surface area (Å²) in [6.07, 6.45) is 0.799. The number of halogens is 3. The molecule has 0 spiro atoms. The molecule has 3 aromatic rings. The third kappa shape index (κ3) is 5.28. The van der Waals surface area contributed by atoms with E-state index in [0.717, 1.165) is 23.3 Å². The highest BCUT2D eigenvalue weighted by Gasteiger charge is 2.30. The molecule has 0 saturated heterocycles. The predicted molar refractivity (Wildman–Crippen MR) is 106 cm³/mol. The fourth-order valence-electron chi connectivity index (χ4n) is 2.37. The number of thiazole rings is 1. The highest BCUT2D eigenvalue weighted by Crippen LogP contribution is 2.31. The van der Waals surface area contributed by atoms with E-state index < -0.39 is 11.7 Å². The average molecular weight is 403 g/mol. The lowest BCUT2D eigenvalue weighted by Gasteiger charge is -2.06. The topological polar surface area (TPSA) is 57.5 Å². The Morgan fingerprint density at radius 2 is 1.93 bits per heavy atom. The monoisotopic (exact) mass is 403 g/mol. The first-order chi connectivity index (χ1) is 13.5. The highest BCUT2D eigenvalue weighted by atomic mass is 32.1. The first kappa shape index (κ1) is 19.8. The van der Waals surface area contributed by atoms with Gasteiger partial charge in [-0.05, 0) is 35.4 Å². The van der Waals surface area contributed by atoms with Crippen LogP contribution in [0.3, 0.4) is 0 Å². The van der Waals surface area contributed by atoms with Crippen molar-refractivity contribution in [2.45, 2.75) is 12.8 Å². The maximum atomic E-state index is 12.6. The van der Waals surface area contributed by atoms with Crippen molar-refractivity contribution in [2.75, 3.05) is 5.43 Å². The minimum absolute atomic E-state index is 0.0113. The van der Waals surface area contributed by atoms with Crippen LogP contribution in [0.25, 0.3) is 17.3 Å². The molecule has 0 saturated carbocycles. The minimum Gasteiger partial charge on any atom is -0.392 e. The summed E-state index contributed by atoms with van der Waals surface area (Å²) in [4.78, 5) is 4.31. The molecule has 0 amide bonds. The molecule has 8 heteroatoms. The number of nitrogens with zero attached hydrogens (tertiary/aromatic N) is 2. The van der Waals surface area contributed by atoms with Crippen LogP contribution in [0.2, 0.25) is 0 Å². The van der Waals surface area contributed by atoms with Gasteiger partial charge in [-0.3, -0.25) is 5.43 Å². The van der Waals surface area contributed by atoms with E-state index in [1.807, 2.05) is 30.3 Å². The molecule has 0 bridgehead atoms. The Morgan fingerprint density at radius 1 is 1.14 bits per heavy atom. The number of aliphatic hydroxyl groups is 1. The lowest BCUT2D eigenvalue weighted by atomic mass is 10.1. The third-order valence-corrected chi connectivity index (χ3v) is 4.50. The molecule has 1 heterocycles. The Morgan fingerprint density at radius 3 is 2.64 bits per heavy atom. The summed E-state index contributed by atoms with van der Waals surface area (Å²) in [6.45, 7) is -0.0113. The molecule has 0 unspecified atom stereocenters. The molecule has 28 heavy (non-hydrogen) atoms. The molecule has 2 N–H and O–H groups in total. The summed E-state index contributed by atoms with van der Waals surface area (Å²) >= 11 is 1.30. The lowest BCUT2D eigenvalue weighted by Crippen LogP contribution is -2.03. The smallest absolute Gasteiger partial charge is 0.392 e. The number of benzene rings is 2. The normalized spacial score (nSPS) is 12.1. The second kappa shape index (κ2) is 8.81. The molecular formula is C20H16F3N3OS. The van der Waals surface area contributed by atoms with Crippen molar-refractivity contribution in [3.05, 3.63) is 76.7 Å². The van der Waals surface area contributed by atoms with Crippen LogP contribution in [0.1, 0.15) is 16.7 Å². The van der Waals surface area contributed by atoms with E-state index in [4.69, 9.17) is 5.11 Å². The van der Waals surface area contributed by atoms with Gasteiger partial charge in [-0.15, -0.1) is 11.3 Å². The van der Waals surface area contributed by atoms with Gasteiger partial charge in [-0.1, -0.05) is 36.4 Å². The van der Waals surface area contributed by atoms with E-state index >= 15 is 0 Å². The molecular weight excluding hydrogens is 387 g/mol. The van der Waals surface area contributed by atoms with Crippen LogP contribution in [0, 0.1) is 0 Å². The van der Waals surface area contributed by atoms with Crippen molar-refractivity contribution >= 4 is 28.8 Å². The number of hydrogen-bond donors (Lipinski definition) is 2. The number of anilines is 1. The Labute approximate surface area is 163 Å². The predicted octanol–water partition coefficient (Wildman–Crippen LogP) is 5.43. The first-order valence-electron chi connectivity index (χ1n) is 8.24. The van der Waals surface area contributed by atoms with Gasteiger partial charge in [0.25, 0.3) is 0 Å². The Hall–Kier alpha value is -2.97. The van der Waals surface area contributed by atoms with Crippen LogP contribution in [0.15, 0.2) is 65.1 Å². The van der Waals surface area contributed by atoms with Crippen LogP contribution < -0.4 is 5.43 Å². The summed E-state index contributed by atoms with van der Waals surface area (Å²) < 4.78 is 37.9. The second-order valence-corrected chi connectivity index (χ2v) is 6.62. The Kier molecular flexibility index (Phi) is 6.23. The fourth-order valence-corrected chi connectivity index (χ4v) is 3.04. The molecule has 2 aromatic carbocycles. The molecule has 0 aliphatic heterocycles. The van der Waals surface area contributed by atoms with Gasteiger partial charge in [0.15, 0.2) is 0 Å². The summed E-state index contributed by atoms with van der Waals surface area (Å²) in [7, 11) is 0. The van der Waals surface area contributed by atoms with Gasteiger partial charge >= 0.3 is 6.18 Å². The summed E-state index contributed by atoms with van der Waals surface area (Å²) in [6, 6.07) is 12.3. The fraction of sp³-hybridized carbons (Fsp3) is 0.100. The number of hydrazone groups is 1. The highest BCUT2D eigenvalue weighted by molar-refractivity contribution is 7.14. The van der Waals surface area contributed by atoms with E-state index in [-0.39, 0.29) is 6.61 Å². The summed E-state index contributed by atoms with van der Waals surface area (Å²) in [5.74, 6) is 0. The number of hydrogen-bond acceptors (Lipinski definition) is 5. The summed E-state index contributed by atoms with van der Waals surface area (Å²) in [5, 5.41) is 15.4. The average Bonchev–Trinajstić information content (AvgIpc) is 3.16. The zero-order chi connectivity index (χ0) is 20.0. The maximum absolute atomic E-state index is 12.6. The SMILES string of the molecule is OCc1cccc(C=C/C=N/Nc2nc(-c3ccc(C(F)(F)F)cc3)cs2)c1. The van der Waals surface area contributed by atoms with Gasteiger partial charge in [0.1, 0.15) is 0 Å². The van der Waals surface area contributed by atoms with Crippen LogP contribution in [0.4, 0.5) is 18.3 Å². The molecule has 0 fully saturated rings. The minimum atomic E-state index is -4.35. The molecule has 1 aromatic heterocycles. The third-order valence-electron chi connectivity index (χ3n) is 3.76. The number of aliphatic hydroxyl groups excluding tert-OH is 1. The Bertz CT molecular complexity index is 979. The Balaban J connectivity index is 1.58. The number of allylic oxidation sites excluding steroid dienone is 1. The molecule has 4 nitrogen and oxygen atoms in total. The quantitative estimate of drug-likeness (QED) is 0.426. The van der Waals surface area contributed by atoms with E-state index in [0.29, 0.717) is 16.4 Å². The van der Waals surface area contributed by atoms with Crippen LogP contribution in [-0.2, 0) is 12.8 Å². The van der Waals surface area contributed by atoms with Gasteiger partial charge < -0.3 is 5.11 Å². The molecule has 144 valence electrons. The standard InChI is InChI=1S/C20H16F3N3OS/c21-20(22,23)17-8-6-16(7-9-17)18-13-28-19(25-18)26-24-10-2-5-14-3-1-4-15(11-14)12-27/h1-11,13,27H,12H2,(H,25,26)/b5-2?,24-10+. The molecule has 3 rings (SSSR count). The van der Waals surface area contributed by atoms with Gasteiger partial charge in [-0.2, -0.15) is 18.3 Å². The zero-order valence-corrected chi connectivity index (χ0v) is 15.3. The molecule has 0 aliphatic carbocycles. The van der Waals surface area contributed by atoms with Crippen molar-refractivity contribution in [3.8, 4) is 11.3 Å². The van der Waals surface area contributed by atoms with Crippen LogP contribution in [-0.4, -0.2) is 16.3 Å². The van der Waals surface area contributed by atoms with Gasteiger partial charge in [0.05, 0.1) is 17.9 Å². The van der Waals surface area contributed by atoms with Crippen LogP contribution >= 0.6 is 11.3 Å². The summed E-state index contributed by atoms with van der Waals surface area (Å²) in [5.41, 5.74) is 5.05. The van der Waals surface area contributed by atoms with E-state index in [1.165, 1.54) is 23.5 Å². The van der Waals surface area contributed by atoms with Crippen molar-refractivity contribution in [1.29, 1.82) is 0 Å². The lowest BCUT2D eigenvalue weighted by molar-refractivity contribution is -0.137. The molecule has 0 aliphatic rings. The number of nitrogens with one attached hydrogen (secondary N) is 1. The van der Waals surface area contributed by atoms with Crippen LogP contribution in [0.5, 0.6) is 0 Å². The van der Waals surface area contributed by atoms with Gasteiger partial charge in [-0.25, -0.2) is 4.98 Å². The van der Waals surface area contributed by atoms with E-state index in [2.05, 4.69) is 15.5 Å². The number of rotatable bonds is 6. The number of alkyl halides is 3. The molecule has 0 atom stereocenters. The van der Waals surface area contributed by atoms with E-state index in [1.54, 1.807) is 17.7 Å². The van der Waals surface area contributed by atoms with E-state index in [9.17, 15) is 13.2 Å². The molecule has 0 radical (unpaired) electrons. The number of aromatic nitrogens is 1. The second-order valence-electron chi connectivity index (χ2n) is 5.77. The zero-order valence-electron chi connectivity index (χ0n) is 14.5. The van der Waals surface area contributed by atoms with Crippen molar-refractivity contribution in [3.63, 3.8) is 0 Å². The van der Waals surface area contributed by atoms with Crippen molar-refractivity contribution < 1.29 is 18.3 Å². The van der Waals surface area contributed by atoms with Gasteiger partial charge in [0.2, 0.25) is 5.13 Å². The van der Waals surface area contributed by atoms with Crippen molar-refractivity contribution in [1.82, 2.24) is 4.98 Å². The van der Waals surface area contributed by atoms with Crippen molar-refractivity contribution in [2.24, 2.45) is 5.10 Å². The van der Waals surface area contributed by atoms with Gasteiger partial charge in [0, 0.05) is 17.2 Å². The maximum Gasteiger partial charge on any atom is 0.416 e. The first-order valence-corrected chi connectivity index (χ1v) is 9.12.